The number of aromatic nitrogens is 4. The molecule has 1 unspecified atom stereocenters. The van der Waals surface area contributed by atoms with Crippen molar-refractivity contribution in [1.29, 1.82) is 0 Å². The molecule has 9 heteroatoms. The smallest absolute Gasteiger partial charge is 0.167 e. The summed E-state index contributed by atoms with van der Waals surface area (Å²) in [5.41, 5.74) is 6.94. The molecule has 0 radical (unpaired) electrons. The van der Waals surface area contributed by atoms with E-state index in [1.54, 1.807) is 10.9 Å². The Labute approximate surface area is 139 Å². The minimum Gasteiger partial charge on any atom is -0.394 e. The molecule has 2 aliphatic rings. The van der Waals surface area contributed by atoms with Crippen LogP contribution < -0.4 is 5.73 Å². The number of fused-ring (bicyclic) bond motifs is 1. The summed E-state index contributed by atoms with van der Waals surface area (Å²) in [5, 5.41) is 20.2. The average Bonchev–Trinajstić information content (AvgIpc) is 3.17. The Morgan fingerprint density at radius 3 is 2.75 bits per heavy atom. The molecule has 0 aliphatic carbocycles. The van der Waals surface area contributed by atoms with E-state index < -0.39 is 18.4 Å². The zero-order chi connectivity index (χ0) is 16.7. The summed E-state index contributed by atoms with van der Waals surface area (Å²) in [6.45, 7) is 1.58. The molecular formula is C15H22N6O3. The molecule has 0 aromatic carbocycles. The fourth-order valence-corrected chi connectivity index (χ4v) is 3.78. The summed E-state index contributed by atoms with van der Waals surface area (Å²) in [7, 11) is 0. The molecule has 2 saturated heterocycles. The maximum Gasteiger partial charge on any atom is 0.167 e. The summed E-state index contributed by atoms with van der Waals surface area (Å²) >= 11 is 0. The number of nitrogen functional groups attached to an aromatic ring is 1. The van der Waals surface area contributed by atoms with Crippen molar-refractivity contribution < 1.29 is 14.9 Å². The standard InChI is InChI=1S/C15H22N6O3/c16-13-10-14(18-7-17-13)21(8-19-10)15-11(12(23)9(6-22)24-15)20-4-2-1-3-5-20/h7-9,11-12,15,22-23H,1-6H2,(H2,16,17,18)/t9-,11?,12-,15-/m1/s1. The topological polar surface area (TPSA) is 123 Å². The zero-order valence-electron chi connectivity index (χ0n) is 13.3. The highest BCUT2D eigenvalue weighted by molar-refractivity contribution is 5.81. The Hall–Kier alpha value is -1.81. The van der Waals surface area contributed by atoms with E-state index >= 15 is 0 Å². The van der Waals surface area contributed by atoms with Crippen LogP contribution in [0.4, 0.5) is 5.82 Å². The fraction of sp³-hybridized carbons (Fsp3) is 0.667. The second kappa shape index (κ2) is 6.25. The molecule has 4 atom stereocenters. The van der Waals surface area contributed by atoms with Crippen molar-refractivity contribution >= 4 is 17.0 Å². The lowest BCUT2D eigenvalue weighted by Gasteiger charge is -2.36. The number of imidazole rings is 1. The molecule has 24 heavy (non-hydrogen) atoms. The van der Waals surface area contributed by atoms with E-state index in [1.807, 2.05) is 0 Å². The van der Waals surface area contributed by atoms with Crippen LogP contribution in [-0.4, -0.2) is 72.6 Å². The second-order valence-corrected chi connectivity index (χ2v) is 6.41. The Balaban J connectivity index is 1.74. The molecular weight excluding hydrogens is 312 g/mol. The summed E-state index contributed by atoms with van der Waals surface area (Å²) in [6.07, 6.45) is 4.53. The number of rotatable bonds is 3. The van der Waals surface area contributed by atoms with E-state index in [9.17, 15) is 10.2 Å². The van der Waals surface area contributed by atoms with Crippen LogP contribution in [0.15, 0.2) is 12.7 Å². The van der Waals surface area contributed by atoms with Crippen molar-refractivity contribution in [3.05, 3.63) is 12.7 Å². The number of nitrogens with zero attached hydrogens (tertiary/aromatic N) is 5. The zero-order valence-corrected chi connectivity index (χ0v) is 13.3. The van der Waals surface area contributed by atoms with Gasteiger partial charge in [0.2, 0.25) is 0 Å². The van der Waals surface area contributed by atoms with Gasteiger partial charge >= 0.3 is 0 Å². The third-order valence-electron chi connectivity index (χ3n) is 4.99. The van der Waals surface area contributed by atoms with Crippen molar-refractivity contribution in [1.82, 2.24) is 24.4 Å². The van der Waals surface area contributed by atoms with Crippen molar-refractivity contribution in [3.63, 3.8) is 0 Å². The number of piperidine rings is 1. The third-order valence-corrected chi connectivity index (χ3v) is 4.99. The van der Waals surface area contributed by atoms with E-state index in [-0.39, 0.29) is 12.6 Å². The largest absolute Gasteiger partial charge is 0.394 e. The highest BCUT2D eigenvalue weighted by Crippen LogP contribution is 2.36. The Kier molecular flexibility index (Phi) is 4.09. The number of anilines is 1. The number of likely N-dealkylation sites (tertiary alicyclic amines) is 1. The second-order valence-electron chi connectivity index (χ2n) is 6.41. The number of ether oxygens (including phenoxy) is 1. The lowest BCUT2D eigenvalue weighted by Crippen LogP contribution is -2.49. The van der Waals surface area contributed by atoms with Crippen LogP contribution in [0.25, 0.3) is 11.2 Å². The molecule has 2 aromatic rings. The van der Waals surface area contributed by atoms with Crippen LogP contribution in [0.2, 0.25) is 0 Å². The summed E-state index contributed by atoms with van der Waals surface area (Å²) in [4.78, 5) is 14.8. The van der Waals surface area contributed by atoms with Gasteiger partial charge in [-0.15, -0.1) is 0 Å². The fourth-order valence-electron chi connectivity index (χ4n) is 3.78. The van der Waals surface area contributed by atoms with Gasteiger partial charge in [0.1, 0.15) is 24.1 Å². The molecule has 4 heterocycles. The minimum absolute atomic E-state index is 0.230. The molecule has 2 aliphatic heterocycles. The first-order valence-corrected chi connectivity index (χ1v) is 8.32. The summed E-state index contributed by atoms with van der Waals surface area (Å²) in [5.74, 6) is 0.311. The normalized spacial score (nSPS) is 31.8. The van der Waals surface area contributed by atoms with Gasteiger partial charge in [0.15, 0.2) is 17.7 Å². The first-order chi connectivity index (χ1) is 11.7. The van der Waals surface area contributed by atoms with E-state index in [0.29, 0.717) is 17.0 Å². The predicted octanol–water partition coefficient (Wildman–Crippen LogP) is -0.486. The molecule has 4 rings (SSSR count). The quantitative estimate of drug-likeness (QED) is 0.687. The SMILES string of the molecule is Nc1ncnc2c1ncn2[C@@H]1O[C@H](CO)[C@@H](O)C1N1CCCCC1. The van der Waals surface area contributed by atoms with Crippen LogP contribution in [0.3, 0.4) is 0 Å². The van der Waals surface area contributed by atoms with Gasteiger partial charge in [0.25, 0.3) is 0 Å². The number of nitrogens with two attached hydrogens (primary N) is 1. The van der Waals surface area contributed by atoms with Gasteiger partial charge in [-0.1, -0.05) is 6.42 Å². The van der Waals surface area contributed by atoms with Gasteiger partial charge in [0.05, 0.1) is 19.0 Å². The van der Waals surface area contributed by atoms with Crippen LogP contribution in [-0.2, 0) is 4.74 Å². The van der Waals surface area contributed by atoms with E-state index in [2.05, 4.69) is 19.9 Å². The van der Waals surface area contributed by atoms with Gasteiger partial charge in [-0.2, -0.15) is 0 Å². The van der Waals surface area contributed by atoms with Crippen LogP contribution >= 0.6 is 0 Å². The number of hydrogen-bond donors (Lipinski definition) is 3. The Morgan fingerprint density at radius 2 is 2.00 bits per heavy atom. The van der Waals surface area contributed by atoms with Crippen LogP contribution in [0.1, 0.15) is 25.5 Å². The molecule has 0 amide bonds. The van der Waals surface area contributed by atoms with Gasteiger partial charge in [0, 0.05) is 0 Å². The average molecular weight is 334 g/mol. The van der Waals surface area contributed by atoms with E-state index in [1.165, 1.54) is 12.7 Å². The van der Waals surface area contributed by atoms with Gasteiger partial charge < -0.3 is 20.7 Å². The molecule has 9 nitrogen and oxygen atoms in total. The summed E-state index contributed by atoms with van der Waals surface area (Å²) in [6, 6.07) is -0.254. The molecule has 130 valence electrons. The van der Waals surface area contributed by atoms with Crippen LogP contribution in [0.5, 0.6) is 0 Å². The Bertz CT molecular complexity index is 716. The minimum atomic E-state index is -0.769. The molecule has 0 spiro atoms. The molecule has 2 fully saturated rings. The first-order valence-electron chi connectivity index (χ1n) is 8.32. The lowest BCUT2D eigenvalue weighted by atomic mass is 10.0. The van der Waals surface area contributed by atoms with E-state index in [0.717, 1.165) is 25.9 Å². The molecule has 4 N–H and O–H groups in total. The highest BCUT2D eigenvalue weighted by atomic mass is 16.5. The molecule has 0 saturated carbocycles. The van der Waals surface area contributed by atoms with Gasteiger partial charge in [-0.05, 0) is 25.9 Å². The van der Waals surface area contributed by atoms with E-state index in [4.69, 9.17) is 10.5 Å². The van der Waals surface area contributed by atoms with Crippen molar-refractivity contribution in [2.24, 2.45) is 0 Å². The van der Waals surface area contributed by atoms with Crippen molar-refractivity contribution in [3.8, 4) is 0 Å². The first kappa shape index (κ1) is 15.7. The molecule has 2 aromatic heterocycles. The van der Waals surface area contributed by atoms with Crippen molar-refractivity contribution in [2.45, 2.75) is 43.7 Å². The van der Waals surface area contributed by atoms with Crippen LogP contribution in [0, 0.1) is 0 Å². The van der Waals surface area contributed by atoms with Gasteiger partial charge in [-0.25, -0.2) is 15.0 Å². The van der Waals surface area contributed by atoms with Gasteiger partial charge in [-0.3, -0.25) is 9.47 Å². The number of hydrogen-bond acceptors (Lipinski definition) is 8. The number of aliphatic hydroxyl groups is 2. The highest BCUT2D eigenvalue weighted by Gasteiger charge is 2.47. The number of aliphatic hydroxyl groups excluding tert-OH is 2. The maximum absolute atomic E-state index is 10.7. The molecule has 0 bridgehead atoms. The van der Waals surface area contributed by atoms with Crippen molar-refractivity contribution in [2.75, 3.05) is 25.4 Å². The monoisotopic (exact) mass is 334 g/mol. The predicted molar refractivity (Wildman–Crippen MR) is 86.0 cm³/mol. The summed E-state index contributed by atoms with van der Waals surface area (Å²) < 4.78 is 7.74. The third kappa shape index (κ3) is 2.44. The lowest BCUT2D eigenvalue weighted by molar-refractivity contribution is -0.0477. The maximum atomic E-state index is 10.7. The Morgan fingerprint density at radius 1 is 1.21 bits per heavy atom.